The molecule has 0 amide bonds. The number of nitrogens with one attached hydrogen (secondary N) is 1. The number of fused-ring (bicyclic) bond motifs is 3. The van der Waals surface area contributed by atoms with Gasteiger partial charge in [-0.15, -0.1) is 0 Å². The van der Waals surface area contributed by atoms with Crippen molar-refractivity contribution in [3.05, 3.63) is 112 Å². The molecule has 1 atom stereocenters. The Balaban J connectivity index is 1.56. The van der Waals surface area contributed by atoms with Crippen molar-refractivity contribution in [1.82, 2.24) is 19.6 Å². The topological polar surface area (TPSA) is 90.8 Å². The Hall–Kier alpha value is -4.72. The van der Waals surface area contributed by atoms with Crippen LogP contribution in [0.4, 0.5) is 11.4 Å². The van der Waals surface area contributed by atoms with Gasteiger partial charge in [0.2, 0.25) is 0 Å². The second kappa shape index (κ2) is 7.95. The molecule has 0 saturated carbocycles. The lowest BCUT2D eigenvalue weighted by Gasteiger charge is -2.30. The van der Waals surface area contributed by atoms with Crippen molar-refractivity contribution < 1.29 is 4.92 Å². The fourth-order valence-corrected chi connectivity index (χ4v) is 4.66. The van der Waals surface area contributed by atoms with E-state index in [4.69, 9.17) is 10.2 Å². The van der Waals surface area contributed by atoms with Crippen LogP contribution in [-0.2, 0) is 0 Å². The number of nitrogens with zero attached hydrogens (tertiary/aromatic N) is 5. The Morgan fingerprint density at radius 1 is 0.943 bits per heavy atom. The molecule has 5 aromatic rings. The molecule has 3 aromatic carbocycles. The third kappa shape index (κ3) is 3.47. The molecule has 1 aliphatic rings. The summed E-state index contributed by atoms with van der Waals surface area (Å²) in [5, 5.41) is 24.6. The molecule has 2 aromatic heterocycles. The number of aryl methyl sites for hydroxylation is 2. The summed E-state index contributed by atoms with van der Waals surface area (Å²) in [5.41, 5.74) is 8.68. The minimum absolute atomic E-state index is 0.0446. The second-order valence-electron chi connectivity index (χ2n) is 8.68. The molecule has 1 aliphatic heterocycles. The standard InChI is InChI=1S/C27H22N6O2/c1-17-7-6-10-22-24-15-18(2)29-32(24)27(28-25(17)22)23-16-31(20-8-4-3-5-9-20)30-26(23)19-11-13-21(14-12-19)33(34)35/h3-16,27-28H,1-2H3. The van der Waals surface area contributed by atoms with E-state index in [-0.39, 0.29) is 11.9 Å². The van der Waals surface area contributed by atoms with Crippen LogP contribution in [0.25, 0.3) is 28.2 Å². The summed E-state index contributed by atoms with van der Waals surface area (Å²) in [6.45, 7) is 4.08. The van der Waals surface area contributed by atoms with Gasteiger partial charge in [0.15, 0.2) is 6.17 Å². The molecular formula is C27H22N6O2. The van der Waals surface area contributed by atoms with Crippen molar-refractivity contribution in [1.29, 1.82) is 0 Å². The van der Waals surface area contributed by atoms with Gasteiger partial charge in [-0.05, 0) is 49.7 Å². The molecule has 1 unspecified atom stereocenters. The van der Waals surface area contributed by atoms with Crippen molar-refractivity contribution >= 4 is 11.4 Å². The summed E-state index contributed by atoms with van der Waals surface area (Å²) in [7, 11) is 0. The summed E-state index contributed by atoms with van der Waals surface area (Å²) in [5.74, 6) is 0. The van der Waals surface area contributed by atoms with E-state index in [0.717, 1.165) is 50.7 Å². The maximum absolute atomic E-state index is 11.2. The first-order valence-electron chi connectivity index (χ1n) is 11.3. The van der Waals surface area contributed by atoms with Crippen molar-refractivity contribution in [3.63, 3.8) is 0 Å². The van der Waals surface area contributed by atoms with Crippen LogP contribution in [0.5, 0.6) is 0 Å². The number of benzene rings is 3. The van der Waals surface area contributed by atoms with E-state index in [9.17, 15) is 10.1 Å². The summed E-state index contributed by atoms with van der Waals surface area (Å²) >= 11 is 0. The van der Waals surface area contributed by atoms with Gasteiger partial charge in [0.1, 0.15) is 0 Å². The smallest absolute Gasteiger partial charge is 0.269 e. The molecule has 3 heterocycles. The maximum atomic E-state index is 11.2. The average molecular weight is 463 g/mol. The van der Waals surface area contributed by atoms with Gasteiger partial charge < -0.3 is 5.32 Å². The molecule has 0 bridgehead atoms. The fourth-order valence-electron chi connectivity index (χ4n) is 4.66. The van der Waals surface area contributed by atoms with Crippen LogP contribution in [0.3, 0.4) is 0 Å². The zero-order chi connectivity index (χ0) is 24.1. The largest absolute Gasteiger partial charge is 0.359 e. The van der Waals surface area contributed by atoms with Gasteiger partial charge in [0.05, 0.1) is 27.7 Å². The van der Waals surface area contributed by atoms with Crippen molar-refractivity contribution in [2.24, 2.45) is 0 Å². The van der Waals surface area contributed by atoms with E-state index < -0.39 is 4.92 Å². The first-order valence-corrected chi connectivity index (χ1v) is 11.3. The van der Waals surface area contributed by atoms with Gasteiger partial charge in [-0.3, -0.25) is 10.1 Å². The summed E-state index contributed by atoms with van der Waals surface area (Å²) in [6.07, 6.45) is 1.70. The second-order valence-corrected chi connectivity index (χ2v) is 8.68. The van der Waals surface area contributed by atoms with Gasteiger partial charge in [-0.25, -0.2) is 9.36 Å². The van der Waals surface area contributed by atoms with Crippen LogP contribution >= 0.6 is 0 Å². The lowest BCUT2D eigenvalue weighted by Crippen LogP contribution is -2.26. The molecule has 6 rings (SSSR count). The van der Waals surface area contributed by atoms with Gasteiger partial charge >= 0.3 is 0 Å². The van der Waals surface area contributed by atoms with E-state index >= 15 is 0 Å². The Morgan fingerprint density at radius 3 is 2.46 bits per heavy atom. The van der Waals surface area contributed by atoms with Crippen molar-refractivity contribution in [2.75, 3.05) is 5.32 Å². The van der Waals surface area contributed by atoms with Crippen LogP contribution in [-0.4, -0.2) is 24.5 Å². The van der Waals surface area contributed by atoms with Gasteiger partial charge in [0, 0.05) is 40.7 Å². The summed E-state index contributed by atoms with van der Waals surface area (Å²) in [4.78, 5) is 10.8. The van der Waals surface area contributed by atoms with E-state index in [1.54, 1.807) is 12.1 Å². The van der Waals surface area contributed by atoms with Gasteiger partial charge in [-0.1, -0.05) is 36.4 Å². The van der Waals surface area contributed by atoms with E-state index in [0.29, 0.717) is 0 Å². The Morgan fingerprint density at radius 2 is 1.71 bits per heavy atom. The van der Waals surface area contributed by atoms with Crippen LogP contribution in [0.1, 0.15) is 23.0 Å². The van der Waals surface area contributed by atoms with E-state index in [2.05, 4.69) is 36.5 Å². The maximum Gasteiger partial charge on any atom is 0.269 e. The number of hydrogen-bond acceptors (Lipinski definition) is 5. The first-order chi connectivity index (χ1) is 17.0. The van der Waals surface area contributed by atoms with Crippen LogP contribution in [0, 0.1) is 24.0 Å². The van der Waals surface area contributed by atoms with E-state index in [1.807, 2.05) is 52.8 Å². The minimum atomic E-state index is -0.394. The highest BCUT2D eigenvalue weighted by atomic mass is 16.6. The first kappa shape index (κ1) is 20.9. The molecule has 0 spiro atoms. The van der Waals surface area contributed by atoms with Crippen LogP contribution in [0.15, 0.2) is 85.1 Å². The number of aromatic nitrogens is 4. The molecule has 8 nitrogen and oxygen atoms in total. The number of rotatable bonds is 4. The average Bonchev–Trinajstić information content (AvgIpc) is 3.49. The quantitative estimate of drug-likeness (QED) is 0.265. The lowest BCUT2D eigenvalue weighted by atomic mass is 9.99. The highest BCUT2D eigenvalue weighted by Crippen LogP contribution is 2.42. The monoisotopic (exact) mass is 462 g/mol. The molecule has 1 N–H and O–H groups in total. The number of anilines is 1. The number of para-hydroxylation sites is 2. The zero-order valence-corrected chi connectivity index (χ0v) is 19.2. The molecule has 0 aliphatic carbocycles. The summed E-state index contributed by atoms with van der Waals surface area (Å²) in [6, 6.07) is 24.7. The number of non-ortho nitro benzene ring substituents is 1. The van der Waals surface area contributed by atoms with Crippen molar-refractivity contribution in [2.45, 2.75) is 20.0 Å². The van der Waals surface area contributed by atoms with E-state index in [1.165, 1.54) is 12.1 Å². The highest BCUT2D eigenvalue weighted by molar-refractivity contribution is 5.82. The Labute approximate surface area is 201 Å². The Kier molecular flexibility index (Phi) is 4.74. The molecule has 0 fully saturated rings. The number of hydrogen-bond donors (Lipinski definition) is 1. The highest BCUT2D eigenvalue weighted by Gasteiger charge is 2.31. The zero-order valence-electron chi connectivity index (χ0n) is 19.2. The van der Waals surface area contributed by atoms with Crippen LogP contribution < -0.4 is 5.32 Å². The van der Waals surface area contributed by atoms with Crippen LogP contribution in [0.2, 0.25) is 0 Å². The predicted molar refractivity (Wildman–Crippen MR) is 135 cm³/mol. The van der Waals surface area contributed by atoms with Gasteiger partial charge in [-0.2, -0.15) is 10.2 Å². The number of nitro benzene ring substituents is 1. The molecule has 35 heavy (non-hydrogen) atoms. The number of nitro groups is 1. The SMILES string of the molecule is Cc1cc2n(n1)C(c1cn(-c3ccccc3)nc1-c1ccc([N+](=O)[O-])cc1)Nc1c(C)cccc1-2. The normalized spacial score (nSPS) is 14.2. The molecule has 172 valence electrons. The Bertz CT molecular complexity index is 1570. The third-order valence-electron chi connectivity index (χ3n) is 6.34. The third-order valence-corrected chi connectivity index (χ3v) is 6.34. The van der Waals surface area contributed by atoms with Gasteiger partial charge in [0.25, 0.3) is 5.69 Å². The molecular weight excluding hydrogens is 440 g/mol. The fraction of sp³-hybridized carbons (Fsp3) is 0.111. The van der Waals surface area contributed by atoms with Crippen molar-refractivity contribution in [3.8, 4) is 28.2 Å². The molecule has 8 heteroatoms. The lowest BCUT2D eigenvalue weighted by molar-refractivity contribution is -0.384. The molecule has 0 saturated heterocycles. The molecule has 0 radical (unpaired) electrons. The summed E-state index contributed by atoms with van der Waals surface area (Å²) < 4.78 is 3.84. The predicted octanol–water partition coefficient (Wildman–Crippen LogP) is 5.90. The minimum Gasteiger partial charge on any atom is -0.359 e.